The average Bonchev–Trinajstić information content (AvgIpc) is 3.05. The van der Waals surface area contributed by atoms with E-state index in [0.717, 1.165) is 0 Å². The van der Waals surface area contributed by atoms with E-state index in [-0.39, 0.29) is 23.4 Å². The number of sulfonamides is 1. The van der Waals surface area contributed by atoms with Gasteiger partial charge < -0.3 is 19.4 Å². The molecule has 1 fully saturated rings. The van der Waals surface area contributed by atoms with Crippen molar-refractivity contribution in [2.75, 3.05) is 19.8 Å². The van der Waals surface area contributed by atoms with Crippen LogP contribution in [-0.4, -0.2) is 44.4 Å². The molecule has 1 aromatic heterocycles. The largest absolute Gasteiger partial charge is 0.350 e. The van der Waals surface area contributed by atoms with E-state index in [9.17, 15) is 13.2 Å². The van der Waals surface area contributed by atoms with Gasteiger partial charge in [0.15, 0.2) is 6.29 Å². The molecule has 0 saturated carbocycles. The van der Waals surface area contributed by atoms with Crippen molar-refractivity contribution in [2.45, 2.75) is 17.6 Å². The number of ether oxygens (including phenoxy) is 2. The standard InChI is InChI=1S/C12H15N3O5S/c16-12-14-9-2-1-8(7-10(9)15-12)21(17,18)13-4-3-11-19-5-6-20-11/h1-2,7,11,13H,3-6H2,(H2,14,15,16). The summed E-state index contributed by atoms with van der Waals surface area (Å²) in [6, 6.07) is 4.40. The van der Waals surface area contributed by atoms with Gasteiger partial charge in [0.25, 0.3) is 0 Å². The Hall–Kier alpha value is -1.68. The molecule has 2 heterocycles. The number of imidazole rings is 1. The minimum atomic E-state index is -3.63. The van der Waals surface area contributed by atoms with E-state index in [4.69, 9.17) is 9.47 Å². The highest BCUT2D eigenvalue weighted by atomic mass is 32.2. The van der Waals surface area contributed by atoms with Gasteiger partial charge in [-0.25, -0.2) is 17.9 Å². The van der Waals surface area contributed by atoms with Crippen LogP contribution in [0.25, 0.3) is 11.0 Å². The van der Waals surface area contributed by atoms with E-state index in [2.05, 4.69) is 14.7 Å². The minimum Gasteiger partial charge on any atom is -0.350 e. The number of rotatable bonds is 5. The number of H-pyrrole nitrogens is 2. The predicted molar refractivity (Wildman–Crippen MR) is 74.4 cm³/mol. The number of hydrogen-bond acceptors (Lipinski definition) is 5. The van der Waals surface area contributed by atoms with E-state index in [1.807, 2.05) is 0 Å². The number of benzene rings is 1. The first kappa shape index (κ1) is 14.3. The highest BCUT2D eigenvalue weighted by Gasteiger charge is 2.19. The smallest absolute Gasteiger partial charge is 0.323 e. The van der Waals surface area contributed by atoms with Crippen molar-refractivity contribution in [3.8, 4) is 0 Å². The zero-order valence-corrected chi connectivity index (χ0v) is 11.9. The first-order valence-corrected chi connectivity index (χ1v) is 7.98. The van der Waals surface area contributed by atoms with Gasteiger partial charge in [0.1, 0.15) is 0 Å². The lowest BCUT2D eigenvalue weighted by atomic mass is 10.3. The van der Waals surface area contributed by atoms with Crippen LogP contribution in [0.5, 0.6) is 0 Å². The SMILES string of the molecule is O=c1[nH]c2ccc(S(=O)(=O)NCCC3OCCO3)cc2[nH]1. The Labute approximate surface area is 120 Å². The molecule has 114 valence electrons. The normalized spacial score (nSPS) is 16.8. The molecule has 0 bridgehead atoms. The molecule has 0 radical (unpaired) electrons. The summed E-state index contributed by atoms with van der Waals surface area (Å²) in [5.74, 6) is 0. The Bertz CT molecular complexity index is 789. The van der Waals surface area contributed by atoms with Crippen molar-refractivity contribution in [3.05, 3.63) is 28.7 Å². The van der Waals surface area contributed by atoms with Crippen LogP contribution in [0.15, 0.2) is 27.9 Å². The molecule has 1 saturated heterocycles. The molecule has 0 aliphatic carbocycles. The fourth-order valence-electron chi connectivity index (χ4n) is 2.15. The van der Waals surface area contributed by atoms with Crippen molar-refractivity contribution < 1.29 is 17.9 Å². The van der Waals surface area contributed by atoms with Crippen molar-refractivity contribution in [3.63, 3.8) is 0 Å². The van der Waals surface area contributed by atoms with Gasteiger partial charge in [-0.3, -0.25) is 0 Å². The quantitative estimate of drug-likeness (QED) is 0.713. The van der Waals surface area contributed by atoms with Gasteiger partial charge in [0.05, 0.1) is 29.1 Å². The number of hydrogen-bond donors (Lipinski definition) is 3. The lowest BCUT2D eigenvalue weighted by Gasteiger charge is -2.10. The summed E-state index contributed by atoms with van der Waals surface area (Å²) >= 11 is 0. The Morgan fingerprint density at radius 1 is 1.19 bits per heavy atom. The predicted octanol–water partition coefficient (Wildman–Crippen LogP) is -0.102. The molecule has 3 rings (SSSR count). The number of aromatic nitrogens is 2. The van der Waals surface area contributed by atoms with E-state index in [1.165, 1.54) is 12.1 Å². The van der Waals surface area contributed by atoms with Crippen LogP contribution in [0.1, 0.15) is 6.42 Å². The zero-order chi connectivity index (χ0) is 14.9. The minimum absolute atomic E-state index is 0.0958. The van der Waals surface area contributed by atoms with Gasteiger partial charge in [-0.15, -0.1) is 0 Å². The second-order valence-corrected chi connectivity index (χ2v) is 6.41. The number of nitrogens with one attached hydrogen (secondary N) is 3. The maximum atomic E-state index is 12.2. The summed E-state index contributed by atoms with van der Waals surface area (Å²) in [5, 5.41) is 0. The topological polar surface area (TPSA) is 113 Å². The second kappa shape index (κ2) is 5.60. The van der Waals surface area contributed by atoms with Crippen LogP contribution >= 0.6 is 0 Å². The van der Waals surface area contributed by atoms with Gasteiger partial charge in [-0.1, -0.05) is 0 Å². The fraction of sp³-hybridized carbons (Fsp3) is 0.417. The van der Waals surface area contributed by atoms with E-state index < -0.39 is 10.0 Å². The fourth-order valence-corrected chi connectivity index (χ4v) is 3.22. The summed E-state index contributed by atoms with van der Waals surface area (Å²) in [5.41, 5.74) is 0.639. The van der Waals surface area contributed by atoms with E-state index >= 15 is 0 Å². The molecular weight excluding hydrogens is 298 g/mol. The highest BCUT2D eigenvalue weighted by molar-refractivity contribution is 7.89. The highest BCUT2D eigenvalue weighted by Crippen LogP contribution is 2.15. The molecule has 8 nitrogen and oxygen atoms in total. The number of aromatic amines is 2. The van der Waals surface area contributed by atoms with Crippen molar-refractivity contribution in [1.82, 2.24) is 14.7 Å². The van der Waals surface area contributed by atoms with Gasteiger partial charge in [-0.05, 0) is 18.2 Å². The molecule has 1 aromatic carbocycles. The Morgan fingerprint density at radius 2 is 1.90 bits per heavy atom. The molecule has 9 heteroatoms. The monoisotopic (exact) mass is 313 g/mol. The van der Waals surface area contributed by atoms with E-state index in [1.54, 1.807) is 6.07 Å². The molecular formula is C12H15N3O5S. The van der Waals surface area contributed by atoms with Crippen molar-refractivity contribution in [1.29, 1.82) is 0 Å². The average molecular weight is 313 g/mol. The molecule has 2 aromatic rings. The Morgan fingerprint density at radius 3 is 2.67 bits per heavy atom. The molecule has 1 aliphatic rings. The van der Waals surface area contributed by atoms with Crippen LogP contribution in [0.3, 0.4) is 0 Å². The summed E-state index contributed by atoms with van der Waals surface area (Å²) in [7, 11) is -3.63. The molecule has 3 N–H and O–H groups in total. The third-order valence-corrected chi connectivity index (χ3v) is 4.62. The summed E-state index contributed by atoms with van der Waals surface area (Å²) in [4.78, 5) is 16.3. The van der Waals surface area contributed by atoms with Crippen LogP contribution < -0.4 is 10.4 Å². The first-order chi connectivity index (χ1) is 10.0. The molecule has 0 amide bonds. The molecule has 21 heavy (non-hydrogen) atoms. The molecule has 0 atom stereocenters. The zero-order valence-electron chi connectivity index (χ0n) is 11.1. The summed E-state index contributed by atoms with van der Waals surface area (Å²) in [6.07, 6.45) is 0.0962. The third kappa shape index (κ3) is 3.16. The maximum absolute atomic E-state index is 12.2. The van der Waals surface area contributed by atoms with Gasteiger partial charge in [-0.2, -0.15) is 0 Å². The molecule has 0 spiro atoms. The van der Waals surface area contributed by atoms with Crippen molar-refractivity contribution >= 4 is 21.1 Å². The Kier molecular flexibility index (Phi) is 3.81. The summed E-state index contributed by atoms with van der Waals surface area (Å²) in [6.45, 7) is 1.29. The van der Waals surface area contributed by atoms with Crippen LogP contribution in [-0.2, 0) is 19.5 Å². The van der Waals surface area contributed by atoms with Gasteiger partial charge in [0.2, 0.25) is 10.0 Å². The maximum Gasteiger partial charge on any atom is 0.323 e. The lowest BCUT2D eigenvalue weighted by molar-refractivity contribution is -0.0451. The van der Waals surface area contributed by atoms with Crippen LogP contribution in [0.4, 0.5) is 0 Å². The second-order valence-electron chi connectivity index (χ2n) is 4.64. The van der Waals surface area contributed by atoms with Crippen molar-refractivity contribution in [2.24, 2.45) is 0 Å². The van der Waals surface area contributed by atoms with Gasteiger partial charge in [0, 0.05) is 13.0 Å². The van der Waals surface area contributed by atoms with Crippen LogP contribution in [0, 0.1) is 0 Å². The number of fused-ring (bicyclic) bond motifs is 1. The Balaban J connectivity index is 1.71. The summed E-state index contributed by atoms with van der Waals surface area (Å²) < 4.78 is 37.3. The lowest BCUT2D eigenvalue weighted by Crippen LogP contribution is -2.27. The molecule has 1 aliphatic heterocycles. The van der Waals surface area contributed by atoms with Crippen LogP contribution in [0.2, 0.25) is 0 Å². The third-order valence-electron chi connectivity index (χ3n) is 3.16. The van der Waals surface area contributed by atoms with Gasteiger partial charge >= 0.3 is 5.69 Å². The molecule has 0 unspecified atom stereocenters. The van der Waals surface area contributed by atoms with E-state index in [0.29, 0.717) is 30.7 Å². The first-order valence-electron chi connectivity index (χ1n) is 6.49.